The molecule has 0 radical (unpaired) electrons. The summed E-state index contributed by atoms with van der Waals surface area (Å²) >= 11 is 0. The van der Waals surface area contributed by atoms with Gasteiger partial charge in [0.25, 0.3) is 0 Å². The van der Waals surface area contributed by atoms with Crippen LogP contribution < -0.4 is 5.32 Å². The Hall–Kier alpha value is -1.84. The van der Waals surface area contributed by atoms with Gasteiger partial charge in [-0.1, -0.05) is 13.8 Å². The molecule has 4 nitrogen and oxygen atoms in total. The molecule has 2 heterocycles. The topological polar surface area (TPSA) is 42.7 Å². The van der Waals surface area contributed by atoms with Crippen molar-refractivity contribution in [1.29, 1.82) is 0 Å². The highest BCUT2D eigenvalue weighted by Crippen LogP contribution is 2.11. The third-order valence-corrected chi connectivity index (χ3v) is 3.00. The minimum absolute atomic E-state index is 0.789. The predicted molar refractivity (Wildman–Crippen MR) is 78.3 cm³/mol. The average molecular weight is 258 g/mol. The van der Waals surface area contributed by atoms with E-state index in [4.69, 9.17) is 0 Å². The maximum atomic E-state index is 4.43. The Morgan fingerprint density at radius 2 is 2.05 bits per heavy atom. The van der Waals surface area contributed by atoms with Crippen LogP contribution in [-0.4, -0.2) is 21.1 Å². The summed E-state index contributed by atoms with van der Waals surface area (Å²) in [4.78, 5) is 8.83. The number of rotatable bonds is 7. The molecular formula is C15H22N4. The lowest BCUT2D eigenvalue weighted by molar-refractivity contribution is 0.693. The van der Waals surface area contributed by atoms with Crippen LogP contribution in [0.3, 0.4) is 0 Å². The molecule has 0 aromatic carbocycles. The Kier molecular flexibility index (Phi) is 4.95. The molecule has 102 valence electrons. The molecular weight excluding hydrogens is 236 g/mol. The fourth-order valence-electron chi connectivity index (χ4n) is 2.05. The summed E-state index contributed by atoms with van der Waals surface area (Å²) in [5, 5.41) is 3.39. The van der Waals surface area contributed by atoms with E-state index >= 15 is 0 Å². The molecule has 0 atom stereocenters. The number of pyridine rings is 1. The van der Waals surface area contributed by atoms with Gasteiger partial charge < -0.3 is 9.88 Å². The number of hydrogen-bond acceptors (Lipinski definition) is 3. The molecule has 0 spiro atoms. The molecule has 2 aromatic heterocycles. The van der Waals surface area contributed by atoms with Crippen molar-refractivity contribution >= 4 is 5.69 Å². The first kappa shape index (κ1) is 13.6. The van der Waals surface area contributed by atoms with Gasteiger partial charge in [0.2, 0.25) is 0 Å². The van der Waals surface area contributed by atoms with Gasteiger partial charge in [0.1, 0.15) is 5.82 Å². The summed E-state index contributed by atoms with van der Waals surface area (Å²) in [7, 11) is 0. The van der Waals surface area contributed by atoms with Crippen LogP contribution in [0.5, 0.6) is 0 Å². The summed E-state index contributed by atoms with van der Waals surface area (Å²) in [6.07, 6.45) is 9.01. The monoisotopic (exact) mass is 258 g/mol. The minimum Gasteiger partial charge on any atom is -0.385 e. The van der Waals surface area contributed by atoms with E-state index in [9.17, 15) is 0 Å². The lowest BCUT2D eigenvalue weighted by atomic mass is 10.3. The third-order valence-electron chi connectivity index (χ3n) is 3.00. The van der Waals surface area contributed by atoms with Crippen LogP contribution in [0.1, 0.15) is 38.2 Å². The van der Waals surface area contributed by atoms with Crippen molar-refractivity contribution in [2.24, 2.45) is 0 Å². The van der Waals surface area contributed by atoms with Gasteiger partial charge in [-0.05, 0) is 25.0 Å². The third kappa shape index (κ3) is 3.81. The number of hydrogen-bond donors (Lipinski definition) is 1. The first-order chi connectivity index (χ1) is 9.33. The van der Waals surface area contributed by atoms with Crippen molar-refractivity contribution in [3.8, 4) is 0 Å². The molecule has 2 aromatic rings. The molecule has 0 aliphatic heterocycles. The van der Waals surface area contributed by atoms with E-state index in [1.165, 1.54) is 0 Å². The quantitative estimate of drug-likeness (QED) is 0.830. The normalized spacial score (nSPS) is 10.6. The zero-order chi connectivity index (χ0) is 13.5. The van der Waals surface area contributed by atoms with E-state index in [0.29, 0.717) is 0 Å². The highest BCUT2D eigenvalue weighted by atomic mass is 15.1. The van der Waals surface area contributed by atoms with Crippen LogP contribution >= 0.6 is 0 Å². The van der Waals surface area contributed by atoms with Crippen LogP contribution in [0.4, 0.5) is 5.69 Å². The molecule has 0 aliphatic rings. The zero-order valence-electron chi connectivity index (χ0n) is 11.8. The molecule has 0 amide bonds. The lowest BCUT2D eigenvalue weighted by Crippen LogP contribution is -2.07. The van der Waals surface area contributed by atoms with Crippen molar-refractivity contribution in [2.45, 2.75) is 39.7 Å². The van der Waals surface area contributed by atoms with Gasteiger partial charge >= 0.3 is 0 Å². The Labute approximate surface area is 114 Å². The minimum atomic E-state index is 0.789. The van der Waals surface area contributed by atoms with E-state index in [-0.39, 0.29) is 0 Å². The van der Waals surface area contributed by atoms with E-state index < -0.39 is 0 Å². The number of nitrogens with one attached hydrogen (secondary N) is 1. The van der Waals surface area contributed by atoms with E-state index in [1.54, 1.807) is 0 Å². The lowest BCUT2D eigenvalue weighted by Gasteiger charge is -2.09. The largest absolute Gasteiger partial charge is 0.385 e. The molecule has 2 rings (SSSR count). The molecule has 4 heteroatoms. The van der Waals surface area contributed by atoms with Gasteiger partial charge in [-0.15, -0.1) is 0 Å². The fourth-order valence-corrected chi connectivity index (χ4v) is 2.05. The van der Waals surface area contributed by atoms with Gasteiger partial charge in [-0.3, -0.25) is 4.98 Å². The van der Waals surface area contributed by atoms with E-state index in [0.717, 1.165) is 49.6 Å². The number of aromatic nitrogens is 3. The number of imidazole rings is 1. The Morgan fingerprint density at radius 3 is 2.84 bits per heavy atom. The van der Waals surface area contributed by atoms with Crippen LogP contribution in [0.25, 0.3) is 0 Å². The summed E-state index contributed by atoms with van der Waals surface area (Å²) in [5.41, 5.74) is 2.21. The average Bonchev–Trinajstić information content (AvgIpc) is 2.85. The number of aryl methyl sites for hydroxylation is 1. The highest BCUT2D eigenvalue weighted by Gasteiger charge is 2.04. The van der Waals surface area contributed by atoms with Crippen LogP contribution in [-0.2, 0) is 13.0 Å². The summed E-state index contributed by atoms with van der Waals surface area (Å²) in [6.45, 7) is 6.12. The van der Waals surface area contributed by atoms with Crippen molar-refractivity contribution in [3.05, 3.63) is 42.2 Å². The molecule has 0 saturated heterocycles. The van der Waals surface area contributed by atoms with Gasteiger partial charge in [0.05, 0.1) is 12.2 Å². The summed E-state index contributed by atoms with van der Waals surface area (Å²) in [6, 6.07) is 4.13. The second kappa shape index (κ2) is 6.92. The molecule has 0 fully saturated rings. The Balaban J connectivity index is 2.07. The second-order valence-electron chi connectivity index (χ2n) is 4.68. The smallest absolute Gasteiger partial charge is 0.108 e. The van der Waals surface area contributed by atoms with E-state index in [2.05, 4.69) is 39.8 Å². The summed E-state index contributed by atoms with van der Waals surface area (Å²) < 4.78 is 2.18. The van der Waals surface area contributed by atoms with Gasteiger partial charge in [-0.25, -0.2) is 4.98 Å². The Bertz CT molecular complexity index is 504. The molecule has 0 bridgehead atoms. The van der Waals surface area contributed by atoms with Gasteiger partial charge in [-0.2, -0.15) is 0 Å². The predicted octanol–water partition coefficient (Wildman–Crippen LogP) is 3.10. The molecule has 19 heavy (non-hydrogen) atoms. The number of nitrogens with zero attached hydrogens (tertiary/aromatic N) is 3. The summed E-state index contributed by atoms with van der Waals surface area (Å²) in [5.74, 6) is 1.14. The first-order valence-electron chi connectivity index (χ1n) is 7.02. The van der Waals surface area contributed by atoms with Crippen LogP contribution in [0, 0.1) is 0 Å². The zero-order valence-corrected chi connectivity index (χ0v) is 11.8. The van der Waals surface area contributed by atoms with Crippen molar-refractivity contribution in [1.82, 2.24) is 14.5 Å². The van der Waals surface area contributed by atoms with Crippen LogP contribution in [0.2, 0.25) is 0 Å². The first-order valence-corrected chi connectivity index (χ1v) is 7.02. The molecule has 0 aliphatic carbocycles. The number of anilines is 1. The van der Waals surface area contributed by atoms with Gasteiger partial charge in [0, 0.05) is 37.2 Å². The SMILES string of the molecule is CCCNc1ccnc(Cn2ccnc2CCC)c1. The Morgan fingerprint density at radius 1 is 1.16 bits per heavy atom. The fraction of sp³-hybridized carbons (Fsp3) is 0.467. The maximum absolute atomic E-state index is 4.43. The molecule has 1 N–H and O–H groups in total. The highest BCUT2D eigenvalue weighted by molar-refractivity contribution is 5.43. The van der Waals surface area contributed by atoms with Gasteiger partial charge in [0.15, 0.2) is 0 Å². The van der Waals surface area contributed by atoms with Crippen molar-refractivity contribution in [3.63, 3.8) is 0 Å². The second-order valence-corrected chi connectivity index (χ2v) is 4.68. The maximum Gasteiger partial charge on any atom is 0.108 e. The van der Waals surface area contributed by atoms with E-state index in [1.807, 2.05) is 24.7 Å². The van der Waals surface area contributed by atoms with Crippen molar-refractivity contribution in [2.75, 3.05) is 11.9 Å². The standard InChI is InChI=1S/C15H22N4/c1-3-5-15-18-9-10-19(15)12-14-11-13(6-8-17-14)16-7-4-2/h6,8-11H,3-5,7,12H2,1-2H3,(H,16,17). The van der Waals surface area contributed by atoms with Crippen molar-refractivity contribution < 1.29 is 0 Å². The molecule has 0 saturated carbocycles. The van der Waals surface area contributed by atoms with Crippen LogP contribution in [0.15, 0.2) is 30.7 Å². The molecule has 0 unspecified atom stereocenters.